The number of aromatic nitrogens is 4. The van der Waals surface area contributed by atoms with Gasteiger partial charge in [0, 0.05) is 30.6 Å². The summed E-state index contributed by atoms with van der Waals surface area (Å²) < 4.78 is 58.9. The lowest BCUT2D eigenvalue weighted by Gasteiger charge is -2.16. The molecule has 0 unspecified atom stereocenters. The van der Waals surface area contributed by atoms with E-state index in [-0.39, 0.29) is 28.8 Å². The summed E-state index contributed by atoms with van der Waals surface area (Å²) in [5, 5.41) is 6.57. The summed E-state index contributed by atoms with van der Waals surface area (Å²) in [6.07, 6.45) is -0.700. The number of carbonyl (C=O) groups is 2. The number of aryl methyl sites for hydroxylation is 1. The third-order valence-corrected chi connectivity index (χ3v) is 5.90. The molecule has 12 heteroatoms. The number of primary amides is 1. The molecule has 0 bridgehead atoms. The second-order valence-corrected chi connectivity index (χ2v) is 8.38. The van der Waals surface area contributed by atoms with Gasteiger partial charge in [-0.2, -0.15) is 18.3 Å². The highest BCUT2D eigenvalue weighted by molar-refractivity contribution is 6.10. The van der Waals surface area contributed by atoms with Crippen molar-refractivity contribution in [2.75, 3.05) is 5.32 Å². The number of hydrogen-bond donors (Lipinski definition) is 2. The van der Waals surface area contributed by atoms with Gasteiger partial charge in [-0.25, -0.2) is 9.37 Å². The number of nitrogens with two attached hydrogens (primary N) is 1. The molecule has 0 atom stereocenters. The quantitative estimate of drug-likeness (QED) is 0.320. The average molecular weight is 522 g/mol. The Hall–Kier alpha value is -5.00. The molecule has 0 radical (unpaired) electrons. The summed E-state index contributed by atoms with van der Waals surface area (Å²) in [7, 11) is 1.52. The third kappa shape index (κ3) is 4.36. The van der Waals surface area contributed by atoms with Crippen molar-refractivity contribution in [3.8, 4) is 22.4 Å². The zero-order chi connectivity index (χ0) is 27.2. The highest BCUT2D eigenvalue weighted by atomic mass is 19.4. The summed E-state index contributed by atoms with van der Waals surface area (Å²) in [6.45, 7) is 0. The molecule has 5 aromatic rings. The first kappa shape index (κ1) is 24.7. The maximum Gasteiger partial charge on any atom is 0.417 e. The van der Waals surface area contributed by atoms with Crippen molar-refractivity contribution in [3.63, 3.8) is 0 Å². The largest absolute Gasteiger partial charge is 0.417 e. The molecular formula is C26H18F4N6O2. The molecule has 0 fully saturated rings. The number of rotatable bonds is 5. The van der Waals surface area contributed by atoms with Crippen LogP contribution in [-0.4, -0.2) is 31.0 Å². The molecule has 8 nitrogen and oxygen atoms in total. The van der Waals surface area contributed by atoms with Crippen LogP contribution in [0.1, 0.15) is 26.4 Å². The van der Waals surface area contributed by atoms with Crippen molar-refractivity contribution < 1.29 is 27.2 Å². The molecule has 0 saturated carbocycles. The van der Waals surface area contributed by atoms with Gasteiger partial charge in [0.25, 0.3) is 11.8 Å². The minimum atomic E-state index is -4.89. The summed E-state index contributed by atoms with van der Waals surface area (Å²) in [4.78, 5) is 29.4. The minimum Gasteiger partial charge on any atom is -0.364 e. The Labute approximate surface area is 212 Å². The van der Waals surface area contributed by atoms with E-state index in [2.05, 4.69) is 15.4 Å². The summed E-state index contributed by atoms with van der Waals surface area (Å²) >= 11 is 0. The number of nitrogens with one attached hydrogen (secondary N) is 1. The van der Waals surface area contributed by atoms with Crippen LogP contribution in [0.4, 0.5) is 23.2 Å². The van der Waals surface area contributed by atoms with E-state index in [0.717, 1.165) is 6.07 Å². The maximum atomic E-state index is 15.0. The highest BCUT2D eigenvalue weighted by Crippen LogP contribution is 2.39. The lowest BCUT2D eigenvalue weighted by Crippen LogP contribution is -2.18. The van der Waals surface area contributed by atoms with Crippen LogP contribution in [0.3, 0.4) is 0 Å². The number of anilines is 1. The Morgan fingerprint density at radius 3 is 2.37 bits per heavy atom. The van der Waals surface area contributed by atoms with E-state index in [0.29, 0.717) is 11.1 Å². The number of benzene rings is 2. The average Bonchev–Trinajstić information content (AvgIpc) is 3.50. The normalized spacial score (nSPS) is 11.6. The van der Waals surface area contributed by atoms with Crippen LogP contribution in [0.15, 0.2) is 73.2 Å². The molecule has 0 aliphatic heterocycles. The lowest BCUT2D eigenvalue weighted by molar-refractivity contribution is -0.137. The molecule has 3 heterocycles. The van der Waals surface area contributed by atoms with Crippen LogP contribution < -0.4 is 11.1 Å². The van der Waals surface area contributed by atoms with Crippen molar-refractivity contribution in [1.29, 1.82) is 0 Å². The SMILES string of the molecule is Cn1ccc(-c2cc(C(=O)Nc3c(-c4ccccc4)ccn4c(C(N)=O)cnc34)c(F)cc2C(F)(F)F)n1. The standard InChI is InChI=1S/C26H18F4N6O2/c1-35-9-8-20(34-35)16-11-17(19(27)12-18(16)26(28,29)30)25(38)33-22-15(14-5-3-2-4-6-14)7-10-36-21(23(31)37)13-32-24(22)36/h2-13H,1H3,(H2,31,37)(H,33,38). The first-order valence-electron chi connectivity index (χ1n) is 11.1. The van der Waals surface area contributed by atoms with Crippen LogP contribution in [0.2, 0.25) is 0 Å². The molecule has 2 amide bonds. The first-order chi connectivity index (χ1) is 18.0. The van der Waals surface area contributed by atoms with E-state index in [1.54, 1.807) is 36.4 Å². The Bertz CT molecular complexity index is 1710. The lowest BCUT2D eigenvalue weighted by atomic mass is 9.99. The van der Waals surface area contributed by atoms with Gasteiger partial charge in [-0.3, -0.25) is 18.7 Å². The third-order valence-electron chi connectivity index (χ3n) is 5.90. The minimum absolute atomic E-state index is 0.0354. The zero-order valence-corrected chi connectivity index (χ0v) is 19.6. The predicted octanol–water partition coefficient (Wildman–Crippen LogP) is 4.91. The smallest absolute Gasteiger partial charge is 0.364 e. The molecule has 5 rings (SSSR count). The number of amides is 2. The maximum absolute atomic E-state index is 15.0. The Morgan fingerprint density at radius 1 is 1.00 bits per heavy atom. The van der Waals surface area contributed by atoms with E-state index >= 15 is 4.39 Å². The van der Waals surface area contributed by atoms with E-state index in [9.17, 15) is 22.8 Å². The Morgan fingerprint density at radius 2 is 1.74 bits per heavy atom. The number of fused-ring (bicyclic) bond motifs is 1. The summed E-state index contributed by atoms with van der Waals surface area (Å²) in [6, 6.07) is 12.9. The van der Waals surface area contributed by atoms with Gasteiger partial charge >= 0.3 is 6.18 Å². The van der Waals surface area contributed by atoms with E-state index in [4.69, 9.17) is 5.73 Å². The van der Waals surface area contributed by atoms with Crippen LogP contribution in [0.25, 0.3) is 28.0 Å². The van der Waals surface area contributed by atoms with Gasteiger partial charge in [-0.05, 0) is 29.8 Å². The second kappa shape index (κ2) is 9.14. The number of alkyl halides is 3. The van der Waals surface area contributed by atoms with Crippen LogP contribution >= 0.6 is 0 Å². The fourth-order valence-corrected chi connectivity index (χ4v) is 4.15. The van der Waals surface area contributed by atoms with Crippen molar-refractivity contribution in [1.82, 2.24) is 19.2 Å². The molecule has 192 valence electrons. The van der Waals surface area contributed by atoms with E-state index in [1.165, 1.54) is 40.8 Å². The highest BCUT2D eigenvalue weighted by Gasteiger charge is 2.36. The topological polar surface area (TPSA) is 107 Å². The van der Waals surface area contributed by atoms with Gasteiger partial charge in [0.1, 0.15) is 11.5 Å². The van der Waals surface area contributed by atoms with E-state index in [1.807, 2.05) is 0 Å². The molecule has 0 aliphatic carbocycles. The van der Waals surface area contributed by atoms with Gasteiger partial charge in [0.05, 0.1) is 28.7 Å². The fourth-order valence-electron chi connectivity index (χ4n) is 4.15. The fraction of sp³-hybridized carbons (Fsp3) is 0.0769. The molecule has 3 N–H and O–H groups in total. The van der Waals surface area contributed by atoms with Crippen molar-refractivity contribution in [2.24, 2.45) is 12.8 Å². The van der Waals surface area contributed by atoms with Crippen LogP contribution in [0.5, 0.6) is 0 Å². The number of pyridine rings is 1. The van der Waals surface area contributed by atoms with Crippen molar-refractivity contribution in [3.05, 3.63) is 95.8 Å². The molecule has 3 aromatic heterocycles. The molecule has 2 aromatic carbocycles. The Balaban J connectivity index is 1.66. The number of nitrogens with zero attached hydrogens (tertiary/aromatic N) is 4. The predicted molar refractivity (Wildman–Crippen MR) is 131 cm³/mol. The van der Waals surface area contributed by atoms with E-state index < -0.39 is 40.5 Å². The van der Waals surface area contributed by atoms with Crippen LogP contribution in [-0.2, 0) is 13.2 Å². The van der Waals surface area contributed by atoms with Gasteiger partial charge in [-0.1, -0.05) is 30.3 Å². The monoisotopic (exact) mass is 522 g/mol. The summed E-state index contributed by atoms with van der Waals surface area (Å²) in [5.41, 5.74) is 4.39. The van der Waals surface area contributed by atoms with Crippen molar-refractivity contribution >= 4 is 23.1 Å². The zero-order valence-electron chi connectivity index (χ0n) is 19.6. The second-order valence-electron chi connectivity index (χ2n) is 8.38. The molecule has 0 spiro atoms. The number of imidazole rings is 1. The molecular weight excluding hydrogens is 504 g/mol. The number of hydrogen-bond acceptors (Lipinski definition) is 4. The van der Waals surface area contributed by atoms with Gasteiger partial charge < -0.3 is 11.1 Å². The van der Waals surface area contributed by atoms with Gasteiger partial charge in [-0.15, -0.1) is 0 Å². The van der Waals surface area contributed by atoms with Crippen LogP contribution in [0, 0.1) is 5.82 Å². The Kier molecular flexibility index (Phi) is 5.94. The molecule has 0 saturated heterocycles. The first-order valence-corrected chi connectivity index (χ1v) is 11.1. The number of carbonyl (C=O) groups excluding carboxylic acids is 2. The van der Waals surface area contributed by atoms with Gasteiger partial charge in [0.2, 0.25) is 0 Å². The summed E-state index contributed by atoms with van der Waals surface area (Å²) in [5.74, 6) is -3.16. The van der Waals surface area contributed by atoms with Crippen molar-refractivity contribution in [2.45, 2.75) is 6.18 Å². The molecule has 38 heavy (non-hydrogen) atoms. The number of halogens is 4. The van der Waals surface area contributed by atoms with Gasteiger partial charge in [0.15, 0.2) is 5.65 Å². The molecule has 0 aliphatic rings.